The molecule has 4 nitrogen and oxygen atoms in total. The molecule has 1 aliphatic rings. The quantitative estimate of drug-likeness (QED) is 0.728. The van der Waals surface area contributed by atoms with Crippen LogP contribution in [0.5, 0.6) is 0 Å². The average molecular weight is 384 g/mol. The number of rotatable bonds is 3. The van der Waals surface area contributed by atoms with Crippen LogP contribution < -0.4 is 0 Å². The summed E-state index contributed by atoms with van der Waals surface area (Å²) in [5.74, 6) is -0.429. The van der Waals surface area contributed by atoms with Gasteiger partial charge in [-0.1, -0.05) is 24.3 Å². The topological polar surface area (TPSA) is 53.2 Å². The number of nitrogens with zero attached hydrogens (tertiary/aromatic N) is 1. The minimum absolute atomic E-state index is 0.170. The fourth-order valence-corrected chi connectivity index (χ4v) is 5.41. The standard InChI is InChI=1S/C21H21FN2O2S/c1-14-13-17(22)7-8-20(14)27(25,26)24-11-9-16(10-12-24)21-15(2)23-19-6-4-3-5-18(19)21/h3-9,13,23H,10-12H2,1-2H3. The lowest BCUT2D eigenvalue weighted by Crippen LogP contribution is -2.35. The van der Waals surface area contributed by atoms with Gasteiger partial charge in [0, 0.05) is 35.2 Å². The van der Waals surface area contributed by atoms with Crippen molar-refractivity contribution in [2.24, 2.45) is 0 Å². The molecule has 0 radical (unpaired) electrons. The van der Waals surface area contributed by atoms with Crippen molar-refractivity contribution in [1.29, 1.82) is 0 Å². The summed E-state index contributed by atoms with van der Waals surface area (Å²) >= 11 is 0. The second-order valence-corrected chi connectivity index (χ2v) is 8.83. The van der Waals surface area contributed by atoms with Crippen molar-refractivity contribution in [3.63, 3.8) is 0 Å². The zero-order valence-corrected chi connectivity index (χ0v) is 16.1. The van der Waals surface area contributed by atoms with Gasteiger partial charge in [-0.25, -0.2) is 12.8 Å². The minimum atomic E-state index is -3.64. The predicted octanol–water partition coefficient (Wildman–Crippen LogP) is 4.40. The van der Waals surface area contributed by atoms with E-state index in [0.717, 1.165) is 22.2 Å². The van der Waals surface area contributed by atoms with E-state index in [-0.39, 0.29) is 4.90 Å². The largest absolute Gasteiger partial charge is 0.358 e. The number of aryl methyl sites for hydroxylation is 2. The van der Waals surface area contributed by atoms with Gasteiger partial charge in [0.25, 0.3) is 0 Å². The van der Waals surface area contributed by atoms with Gasteiger partial charge in [0.2, 0.25) is 10.0 Å². The molecule has 6 heteroatoms. The molecule has 27 heavy (non-hydrogen) atoms. The summed E-state index contributed by atoms with van der Waals surface area (Å²) in [6.07, 6.45) is 2.63. The zero-order valence-electron chi connectivity index (χ0n) is 15.3. The number of sulfonamides is 1. The van der Waals surface area contributed by atoms with Crippen LogP contribution in [0.2, 0.25) is 0 Å². The van der Waals surface area contributed by atoms with E-state index in [2.05, 4.69) is 11.1 Å². The van der Waals surface area contributed by atoms with Crippen LogP contribution in [0.3, 0.4) is 0 Å². The van der Waals surface area contributed by atoms with Crippen LogP contribution >= 0.6 is 0 Å². The van der Waals surface area contributed by atoms with E-state index < -0.39 is 15.8 Å². The monoisotopic (exact) mass is 384 g/mol. The highest BCUT2D eigenvalue weighted by atomic mass is 32.2. The molecule has 2 aromatic carbocycles. The van der Waals surface area contributed by atoms with E-state index in [4.69, 9.17) is 0 Å². The fourth-order valence-electron chi connectivity index (χ4n) is 3.83. The molecule has 0 fully saturated rings. The van der Waals surface area contributed by atoms with Crippen molar-refractivity contribution in [2.45, 2.75) is 25.2 Å². The van der Waals surface area contributed by atoms with Gasteiger partial charge < -0.3 is 4.98 Å². The highest BCUT2D eigenvalue weighted by Gasteiger charge is 2.28. The second kappa shape index (κ2) is 6.62. The first kappa shape index (κ1) is 17.9. The van der Waals surface area contributed by atoms with Crippen LogP contribution in [-0.4, -0.2) is 30.8 Å². The number of H-pyrrole nitrogens is 1. The van der Waals surface area contributed by atoms with E-state index >= 15 is 0 Å². The summed E-state index contributed by atoms with van der Waals surface area (Å²) in [5, 5.41) is 1.16. The SMILES string of the molecule is Cc1cc(F)ccc1S(=O)(=O)N1CC=C(c2c(C)[nH]c3ccccc23)CC1. The Kier molecular flexibility index (Phi) is 4.40. The summed E-state index contributed by atoms with van der Waals surface area (Å²) in [5.41, 5.74) is 4.93. The lowest BCUT2D eigenvalue weighted by Gasteiger charge is -2.26. The molecule has 0 spiro atoms. The van der Waals surface area contributed by atoms with Gasteiger partial charge in [-0.05, 0) is 55.7 Å². The number of nitrogens with one attached hydrogen (secondary N) is 1. The van der Waals surface area contributed by atoms with E-state index in [1.165, 1.54) is 28.1 Å². The van der Waals surface area contributed by atoms with Crippen LogP contribution in [-0.2, 0) is 10.0 Å². The van der Waals surface area contributed by atoms with Gasteiger partial charge in [0.1, 0.15) is 5.82 Å². The third kappa shape index (κ3) is 3.09. The Hall–Kier alpha value is -2.44. The first-order valence-electron chi connectivity index (χ1n) is 8.91. The number of para-hydroxylation sites is 1. The van der Waals surface area contributed by atoms with E-state index in [1.54, 1.807) is 6.92 Å². The molecule has 0 saturated carbocycles. The maximum Gasteiger partial charge on any atom is 0.243 e. The van der Waals surface area contributed by atoms with Crippen molar-refractivity contribution in [3.05, 3.63) is 71.2 Å². The predicted molar refractivity (Wildman–Crippen MR) is 106 cm³/mol. The lowest BCUT2D eigenvalue weighted by molar-refractivity contribution is 0.440. The highest BCUT2D eigenvalue weighted by molar-refractivity contribution is 7.89. The molecule has 1 aromatic heterocycles. The van der Waals surface area contributed by atoms with Crippen LogP contribution in [0.1, 0.15) is 23.2 Å². The second-order valence-electron chi connectivity index (χ2n) is 6.92. The van der Waals surface area contributed by atoms with Gasteiger partial charge in [-0.2, -0.15) is 4.31 Å². The Labute approximate surface area is 158 Å². The van der Waals surface area contributed by atoms with Crippen molar-refractivity contribution in [2.75, 3.05) is 13.1 Å². The van der Waals surface area contributed by atoms with Crippen LogP contribution in [0, 0.1) is 19.7 Å². The Bertz CT molecular complexity index is 1160. The molecule has 3 aromatic rings. The number of hydrogen-bond acceptors (Lipinski definition) is 2. The summed E-state index contributed by atoms with van der Waals surface area (Å²) in [6, 6.07) is 11.9. The minimum Gasteiger partial charge on any atom is -0.358 e. The molecular formula is C21H21FN2O2S. The van der Waals surface area contributed by atoms with Gasteiger partial charge in [-0.3, -0.25) is 0 Å². The van der Waals surface area contributed by atoms with Gasteiger partial charge in [0.05, 0.1) is 4.90 Å². The Morgan fingerprint density at radius 2 is 1.89 bits per heavy atom. The smallest absolute Gasteiger partial charge is 0.243 e. The van der Waals surface area contributed by atoms with Crippen LogP contribution in [0.15, 0.2) is 53.4 Å². The molecule has 4 rings (SSSR count). The third-order valence-corrected chi connectivity index (χ3v) is 7.17. The number of halogens is 1. The summed E-state index contributed by atoms with van der Waals surface area (Å²) in [6.45, 7) is 4.38. The van der Waals surface area contributed by atoms with Gasteiger partial charge in [-0.15, -0.1) is 0 Å². The average Bonchev–Trinajstić information content (AvgIpc) is 2.97. The van der Waals surface area contributed by atoms with Gasteiger partial charge in [0.15, 0.2) is 0 Å². The molecule has 0 saturated heterocycles. The highest BCUT2D eigenvalue weighted by Crippen LogP contribution is 2.33. The van der Waals surface area contributed by atoms with Crippen molar-refractivity contribution >= 4 is 26.5 Å². The summed E-state index contributed by atoms with van der Waals surface area (Å²) in [4.78, 5) is 3.57. The van der Waals surface area contributed by atoms with Crippen molar-refractivity contribution in [1.82, 2.24) is 9.29 Å². The molecule has 1 N–H and O–H groups in total. The van der Waals surface area contributed by atoms with E-state index in [1.807, 2.05) is 31.2 Å². The first-order chi connectivity index (χ1) is 12.9. The maximum atomic E-state index is 13.3. The van der Waals surface area contributed by atoms with Gasteiger partial charge >= 0.3 is 0 Å². The van der Waals surface area contributed by atoms with Crippen LogP contribution in [0.25, 0.3) is 16.5 Å². The molecule has 0 atom stereocenters. The molecule has 0 unspecified atom stereocenters. The molecule has 0 bridgehead atoms. The first-order valence-corrected chi connectivity index (χ1v) is 10.3. The van der Waals surface area contributed by atoms with Crippen molar-refractivity contribution < 1.29 is 12.8 Å². The molecule has 1 aliphatic heterocycles. The molecule has 0 amide bonds. The zero-order chi connectivity index (χ0) is 19.2. The number of aromatic nitrogens is 1. The Morgan fingerprint density at radius 3 is 2.59 bits per heavy atom. The summed E-state index contributed by atoms with van der Waals surface area (Å²) < 4.78 is 40.7. The third-order valence-electron chi connectivity index (χ3n) is 5.14. The molecule has 0 aliphatic carbocycles. The lowest BCUT2D eigenvalue weighted by atomic mass is 9.97. The van der Waals surface area contributed by atoms with Crippen LogP contribution in [0.4, 0.5) is 4.39 Å². The molecule has 2 heterocycles. The normalized spacial score (nSPS) is 15.9. The number of benzene rings is 2. The Morgan fingerprint density at radius 1 is 1.11 bits per heavy atom. The summed E-state index contributed by atoms with van der Waals surface area (Å²) in [7, 11) is -3.64. The number of fused-ring (bicyclic) bond motifs is 1. The molecule has 140 valence electrons. The van der Waals surface area contributed by atoms with E-state index in [0.29, 0.717) is 25.1 Å². The van der Waals surface area contributed by atoms with E-state index in [9.17, 15) is 12.8 Å². The fraction of sp³-hybridized carbons (Fsp3) is 0.238. The Balaban J connectivity index is 1.66. The number of aromatic amines is 1. The van der Waals surface area contributed by atoms with Crippen molar-refractivity contribution in [3.8, 4) is 0 Å². The maximum absolute atomic E-state index is 13.3. The number of hydrogen-bond donors (Lipinski definition) is 1. The molecular weight excluding hydrogens is 363 g/mol.